The quantitative estimate of drug-likeness (QED) is 0.717. The monoisotopic (exact) mass is 270 g/mol. The molecular formula is C12H17ClN3O2+. The first-order chi connectivity index (χ1) is 8.41. The number of rotatable bonds is 4. The van der Waals surface area contributed by atoms with Crippen molar-refractivity contribution in [2.24, 2.45) is 5.73 Å². The van der Waals surface area contributed by atoms with Gasteiger partial charge in [-0.15, -0.1) is 0 Å². The second-order valence-corrected chi connectivity index (χ2v) is 4.60. The Morgan fingerprint density at radius 1 is 1.44 bits per heavy atom. The number of primary amides is 1. The van der Waals surface area contributed by atoms with E-state index in [0.717, 1.165) is 10.5 Å². The molecule has 0 aliphatic carbocycles. The molecule has 0 fully saturated rings. The van der Waals surface area contributed by atoms with E-state index in [2.05, 4.69) is 5.32 Å². The summed E-state index contributed by atoms with van der Waals surface area (Å²) in [7, 11) is 1.86. The smallest absolute Gasteiger partial charge is 0.319 e. The molecule has 0 bridgehead atoms. The van der Waals surface area contributed by atoms with E-state index in [0.29, 0.717) is 11.6 Å². The molecule has 0 saturated carbocycles. The van der Waals surface area contributed by atoms with Gasteiger partial charge in [0, 0.05) is 10.6 Å². The van der Waals surface area contributed by atoms with Gasteiger partial charge in [-0.3, -0.25) is 10.1 Å². The van der Waals surface area contributed by atoms with Gasteiger partial charge in [0.2, 0.25) is 0 Å². The molecule has 1 unspecified atom stereocenters. The van der Waals surface area contributed by atoms with Crippen molar-refractivity contribution < 1.29 is 14.5 Å². The molecule has 2 atom stereocenters. The zero-order chi connectivity index (χ0) is 13.7. The Balaban J connectivity index is 2.65. The Bertz CT molecular complexity index is 451. The highest BCUT2D eigenvalue weighted by Gasteiger charge is 2.23. The lowest BCUT2D eigenvalue weighted by Crippen LogP contribution is -3.12. The summed E-state index contributed by atoms with van der Waals surface area (Å²) in [5, 5.41) is 2.74. The van der Waals surface area contributed by atoms with Crippen molar-refractivity contribution in [3.8, 4) is 0 Å². The third kappa shape index (κ3) is 4.01. The van der Waals surface area contributed by atoms with Gasteiger partial charge in [0.25, 0.3) is 5.91 Å². The molecule has 3 amide bonds. The standard InChI is InChI=1S/C12H16ClN3O2/c1-8(11(17)15-12(14)18)16(2)7-9-5-3-4-6-10(9)13/h3-6,8H,7H2,1-2H3,(H3,14,15,17,18)/p+1/t8-/m0/s1. The van der Waals surface area contributed by atoms with Crippen LogP contribution >= 0.6 is 11.6 Å². The van der Waals surface area contributed by atoms with Crippen molar-refractivity contribution in [2.45, 2.75) is 19.5 Å². The van der Waals surface area contributed by atoms with Gasteiger partial charge in [-0.1, -0.05) is 29.8 Å². The maximum absolute atomic E-state index is 11.6. The van der Waals surface area contributed by atoms with Crippen LogP contribution in [0.3, 0.4) is 0 Å². The van der Waals surface area contributed by atoms with Gasteiger partial charge in [-0.05, 0) is 13.0 Å². The highest BCUT2D eigenvalue weighted by atomic mass is 35.5. The minimum atomic E-state index is -0.836. The van der Waals surface area contributed by atoms with Gasteiger partial charge in [0.15, 0.2) is 6.04 Å². The molecule has 0 saturated heterocycles. The predicted molar refractivity (Wildman–Crippen MR) is 69.2 cm³/mol. The summed E-state index contributed by atoms with van der Waals surface area (Å²) >= 11 is 6.05. The van der Waals surface area contributed by atoms with Gasteiger partial charge in [0.1, 0.15) is 6.54 Å². The number of hydrogen-bond acceptors (Lipinski definition) is 2. The number of carbonyl (C=O) groups excluding carboxylic acids is 2. The first kappa shape index (κ1) is 14.5. The van der Waals surface area contributed by atoms with Crippen LogP contribution in [-0.2, 0) is 11.3 Å². The summed E-state index contributed by atoms with van der Waals surface area (Å²) in [5.41, 5.74) is 5.86. The fourth-order valence-corrected chi connectivity index (χ4v) is 1.75. The Morgan fingerprint density at radius 3 is 2.61 bits per heavy atom. The van der Waals surface area contributed by atoms with Crippen LogP contribution in [0.2, 0.25) is 5.02 Å². The number of nitrogens with one attached hydrogen (secondary N) is 2. The van der Waals surface area contributed by atoms with Crippen LogP contribution in [0.4, 0.5) is 4.79 Å². The van der Waals surface area contributed by atoms with Crippen molar-refractivity contribution in [1.82, 2.24) is 5.32 Å². The first-order valence-corrected chi connectivity index (χ1v) is 5.95. The largest absolute Gasteiger partial charge is 0.351 e. The molecule has 98 valence electrons. The number of likely N-dealkylation sites (N-methyl/N-ethyl adjacent to an activating group) is 1. The number of hydrogen-bond donors (Lipinski definition) is 3. The molecule has 1 rings (SSSR count). The molecule has 4 N–H and O–H groups in total. The molecular weight excluding hydrogens is 254 g/mol. The lowest BCUT2D eigenvalue weighted by Gasteiger charge is -2.20. The van der Waals surface area contributed by atoms with Crippen LogP contribution in [0.15, 0.2) is 24.3 Å². The summed E-state index contributed by atoms with van der Waals surface area (Å²) in [6.07, 6.45) is 0. The zero-order valence-electron chi connectivity index (χ0n) is 10.4. The van der Waals surface area contributed by atoms with Gasteiger partial charge in [0.05, 0.1) is 7.05 Å². The first-order valence-electron chi connectivity index (χ1n) is 5.58. The molecule has 0 aromatic heterocycles. The summed E-state index contributed by atoms with van der Waals surface area (Å²) in [6, 6.07) is 6.22. The van der Waals surface area contributed by atoms with Crippen molar-refractivity contribution in [1.29, 1.82) is 0 Å². The Morgan fingerprint density at radius 2 is 2.06 bits per heavy atom. The average Bonchev–Trinajstić information content (AvgIpc) is 2.30. The molecule has 6 heteroatoms. The van der Waals surface area contributed by atoms with Gasteiger partial charge in [-0.2, -0.15) is 0 Å². The number of quaternary nitrogens is 1. The van der Waals surface area contributed by atoms with Gasteiger partial charge in [-0.25, -0.2) is 4.79 Å². The van der Waals surface area contributed by atoms with E-state index in [1.807, 2.05) is 25.2 Å². The molecule has 0 aliphatic rings. The van der Waals surface area contributed by atoms with Gasteiger partial charge < -0.3 is 10.6 Å². The van der Waals surface area contributed by atoms with Crippen molar-refractivity contribution in [3.63, 3.8) is 0 Å². The van der Waals surface area contributed by atoms with Crippen LogP contribution in [0.1, 0.15) is 12.5 Å². The summed E-state index contributed by atoms with van der Waals surface area (Å²) in [5.74, 6) is -0.396. The van der Waals surface area contributed by atoms with Crippen LogP contribution < -0.4 is 16.0 Å². The molecule has 18 heavy (non-hydrogen) atoms. The second-order valence-electron chi connectivity index (χ2n) is 4.19. The third-order valence-corrected chi connectivity index (χ3v) is 3.17. The third-order valence-electron chi connectivity index (χ3n) is 2.81. The lowest BCUT2D eigenvalue weighted by atomic mass is 10.2. The molecule has 1 aromatic rings. The average molecular weight is 271 g/mol. The van der Waals surface area contributed by atoms with E-state index in [9.17, 15) is 9.59 Å². The highest BCUT2D eigenvalue weighted by Crippen LogP contribution is 2.13. The van der Waals surface area contributed by atoms with E-state index >= 15 is 0 Å². The second kappa shape index (κ2) is 6.37. The Labute approximate surface area is 111 Å². The minimum absolute atomic E-state index is 0.395. The van der Waals surface area contributed by atoms with E-state index in [1.54, 1.807) is 13.0 Å². The topological polar surface area (TPSA) is 76.6 Å². The summed E-state index contributed by atoms with van der Waals surface area (Å²) < 4.78 is 0. The van der Waals surface area contributed by atoms with Crippen LogP contribution in [0.25, 0.3) is 0 Å². The van der Waals surface area contributed by atoms with E-state index in [1.165, 1.54) is 0 Å². The fourth-order valence-electron chi connectivity index (χ4n) is 1.55. The lowest BCUT2D eigenvalue weighted by molar-refractivity contribution is -0.908. The van der Waals surface area contributed by atoms with Crippen LogP contribution in [-0.4, -0.2) is 25.0 Å². The number of halogens is 1. The van der Waals surface area contributed by atoms with Crippen LogP contribution in [0, 0.1) is 0 Å². The van der Waals surface area contributed by atoms with E-state index in [4.69, 9.17) is 17.3 Å². The van der Waals surface area contributed by atoms with E-state index in [-0.39, 0.29) is 0 Å². The molecule has 1 aromatic carbocycles. The number of imide groups is 1. The van der Waals surface area contributed by atoms with Crippen LogP contribution in [0.5, 0.6) is 0 Å². The van der Waals surface area contributed by atoms with Crippen molar-refractivity contribution in [2.75, 3.05) is 7.05 Å². The Kier molecular flexibility index (Phi) is 5.12. The number of benzene rings is 1. The van der Waals surface area contributed by atoms with E-state index < -0.39 is 18.0 Å². The molecule has 0 aliphatic heterocycles. The summed E-state index contributed by atoms with van der Waals surface area (Å²) in [4.78, 5) is 23.1. The predicted octanol–water partition coefficient (Wildman–Crippen LogP) is -0.0619. The maximum Gasteiger partial charge on any atom is 0.319 e. The number of urea groups is 1. The highest BCUT2D eigenvalue weighted by molar-refractivity contribution is 6.31. The van der Waals surface area contributed by atoms with Crippen molar-refractivity contribution >= 4 is 23.5 Å². The molecule has 5 nitrogen and oxygen atoms in total. The summed E-state index contributed by atoms with van der Waals surface area (Å²) in [6.45, 7) is 2.32. The SMILES string of the molecule is C[C@@H](C(=O)NC(N)=O)[NH+](C)Cc1ccccc1Cl. The van der Waals surface area contributed by atoms with Gasteiger partial charge >= 0.3 is 6.03 Å². The number of carbonyl (C=O) groups is 2. The molecule has 0 heterocycles. The number of nitrogens with two attached hydrogens (primary N) is 1. The fraction of sp³-hybridized carbons (Fsp3) is 0.333. The minimum Gasteiger partial charge on any atom is -0.351 e. The normalized spacial score (nSPS) is 13.7. The molecule has 0 radical (unpaired) electrons. The number of amides is 3. The van der Waals surface area contributed by atoms with Crippen molar-refractivity contribution in [3.05, 3.63) is 34.9 Å². The zero-order valence-corrected chi connectivity index (χ0v) is 11.1. The maximum atomic E-state index is 11.6. The molecule has 0 spiro atoms. The Hall–Kier alpha value is -1.59.